The fourth-order valence-electron chi connectivity index (χ4n) is 2.09. The van der Waals surface area contributed by atoms with E-state index in [1.54, 1.807) is 30.3 Å². The number of hydrogen-bond donors (Lipinski definition) is 4. The van der Waals surface area contributed by atoms with Crippen LogP contribution in [0.5, 0.6) is 0 Å². The first-order chi connectivity index (χ1) is 9.00. The highest BCUT2D eigenvalue weighted by Gasteiger charge is 2.43. The average molecular weight is 268 g/mol. The van der Waals surface area contributed by atoms with E-state index in [4.69, 9.17) is 4.74 Å². The zero-order valence-electron chi connectivity index (χ0n) is 10.1. The van der Waals surface area contributed by atoms with E-state index in [9.17, 15) is 25.2 Å². The molecule has 5 atom stereocenters. The third-order valence-corrected chi connectivity index (χ3v) is 3.17. The summed E-state index contributed by atoms with van der Waals surface area (Å²) in [4.78, 5) is 11.0. The van der Waals surface area contributed by atoms with Crippen LogP contribution in [0.25, 0.3) is 0 Å². The van der Waals surface area contributed by atoms with E-state index in [-0.39, 0.29) is 6.42 Å². The molecule has 0 amide bonds. The first kappa shape index (κ1) is 14.0. The monoisotopic (exact) mass is 268 g/mol. The molecule has 0 aromatic heterocycles. The molecule has 0 radical (unpaired) electrons. The molecule has 0 saturated carbocycles. The molecule has 2 rings (SSSR count). The van der Waals surface area contributed by atoms with E-state index in [2.05, 4.69) is 0 Å². The van der Waals surface area contributed by atoms with Crippen molar-refractivity contribution >= 4 is 5.97 Å². The lowest BCUT2D eigenvalue weighted by Gasteiger charge is -2.27. The van der Waals surface area contributed by atoms with Crippen molar-refractivity contribution in [2.45, 2.75) is 36.9 Å². The summed E-state index contributed by atoms with van der Waals surface area (Å²) < 4.78 is 4.73. The molecule has 1 heterocycles. The van der Waals surface area contributed by atoms with Gasteiger partial charge >= 0.3 is 5.97 Å². The summed E-state index contributed by atoms with van der Waals surface area (Å²) in [5.74, 6) is -0.641. The van der Waals surface area contributed by atoms with Crippen LogP contribution in [0.2, 0.25) is 0 Å². The van der Waals surface area contributed by atoms with E-state index in [0.29, 0.717) is 5.56 Å². The van der Waals surface area contributed by atoms with Crippen molar-refractivity contribution < 1.29 is 30.0 Å². The van der Waals surface area contributed by atoms with Crippen LogP contribution in [0.3, 0.4) is 0 Å². The number of rotatable bonds is 4. The fraction of sp³-hybridized carbons (Fsp3) is 0.462. The lowest BCUT2D eigenvalue weighted by molar-refractivity contribution is -0.157. The molecular formula is C13H16O6. The van der Waals surface area contributed by atoms with Crippen molar-refractivity contribution in [3.8, 4) is 0 Å². The Kier molecular flexibility index (Phi) is 4.16. The van der Waals surface area contributed by atoms with Crippen molar-refractivity contribution in [1.29, 1.82) is 0 Å². The highest BCUT2D eigenvalue weighted by atomic mass is 16.6. The van der Waals surface area contributed by atoms with Gasteiger partial charge in [-0.25, -0.2) is 0 Å². The number of aliphatic hydroxyl groups excluding tert-OH is 4. The Morgan fingerprint density at radius 1 is 1.16 bits per heavy atom. The summed E-state index contributed by atoms with van der Waals surface area (Å²) in [6, 6.07) is 8.31. The van der Waals surface area contributed by atoms with E-state index in [1.165, 1.54) is 0 Å². The van der Waals surface area contributed by atoms with Gasteiger partial charge in [-0.15, -0.1) is 0 Å². The van der Waals surface area contributed by atoms with Gasteiger partial charge in [0, 0.05) is 0 Å². The Morgan fingerprint density at radius 2 is 1.79 bits per heavy atom. The number of hydrogen-bond acceptors (Lipinski definition) is 6. The van der Waals surface area contributed by atoms with Gasteiger partial charge < -0.3 is 25.2 Å². The molecule has 19 heavy (non-hydrogen) atoms. The largest absolute Gasteiger partial charge is 0.457 e. The topological polar surface area (TPSA) is 107 Å². The zero-order valence-corrected chi connectivity index (χ0v) is 10.1. The van der Waals surface area contributed by atoms with Gasteiger partial charge in [0.25, 0.3) is 0 Å². The summed E-state index contributed by atoms with van der Waals surface area (Å²) >= 11 is 0. The van der Waals surface area contributed by atoms with Gasteiger partial charge in [-0.05, 0) is 5.56 Å². The maximum Gasteiger partial charge on any atom is 0.309 e. The van der Waals surface area contributed by atoms with Crippen LogP contribution in [-0.2, 0) is 9.53 Å². The molecular weight excluding hydrogens is 252 g/mol. The number of cyclic esters (lactones) is 1. The predicted molar refractivity (Wildman–Crippen MR) is 63.9 cm³/mol. The van der Waals surface area contributed by atoms with Gasteiger partial charge in [-0.2, -0.15) is 0 Å². The van der Waals surface area contributed by atoms with Crippen molar-refractivity contribution in [2.24, 2.45) is 0 Å². The summed E-state index contributed by atoms with van der Waals surface area (Å²) in [6.45, 7) is 0. The quantitative estimate of drug-likeness (QED) is 0.528. The maximum absolute atomic E-state index is 11.0. The van der Waals surface area contributed by atoms with Crippen molar-refractivity contribution in [1.82, 2.24) is 0 Å². The van der Waals surface area contributed by atoms with Crippen molar-refractivity contribution in [2.75, 3.05) is 0 Å². The second kappa shape index (κ2) is 5.66. The fourth-order valence-corrected chi connectivity index (χ4v) is 2.09. The minimum atomic E-state index is -1.56. The van der Waals surface area contributed by atoms with Gasteiger partial charge in [-0.1, -0.05) is 30.3 Å². The second-order valence-corrected chi connectivity index (χ2v) is 4.56. The van der Waals surface area contributed by atoms with Crippen molar-refractivity contribution in [3.05, 3.63) is 35.9 Å². The van der Waals surface area contributed by atoms with Crippen LogP contribution < -0.4 is 0 Å². The maximum atomic E-state index is 11.0. The number of carbonyl (C=O) groups excluding carboxylic acids is 1. The number of esters is 1. The molecule has 1 aromatic carbocycles. The first-order valence-corrected chi connectivity index (χ1v) is 5.97. The lowest BCUT2D eigenvalue weighted by atomic mass is 9.95. The molecule has 1 aliphatic heterocycles. The number of ether oxygens (including phenoxy) is 1. The van der Waals surface area contributed by atoms with Crippen LogP contribution in [0.1, 0.15) is 18.1 Å². The van der Waals surface area contributed by atoms with Crippen LogP contribution in [0.15, 0.2) is 30.3 Å². The van der Waals surface area contributed by atoms with E-state index in [1.807, 2.05) is 0 Å². The third kappa shape index (κ3) is 2.93. The SMILES string of the molecule is O=C1C[C@@H](O)[C@@H]([C@@H](O)[C@@H](O)[C@H](O)c2ccccc2)O1. The number of benzene rings is 1. The third-order valence-electron chi connectivity index (χ3n) is 3.17. The minimum absolute atomic E-state index is 0.226. The van der Waals surface area contributed by atoms with Crippen LogP contribution in [-0.4, -0.2) is 50.8 Å². The highest BCUT2D eigenvalue weighted by molar-refractivity contribution is 5.72. The van der Waals surface area contributed by atoms with E-state index in [0.717, 1.165) is 0 Å². The molecule has 1 aromatic rings. The zero-order chi connectivity index (χ0) is 14.0. The Bertz CT molecular complexity index is 434. The molecule has 0 aliphatic carbocycles. The number of aliphatic hydroxyl groups is 4. The molecule has 104 valence electrons. The molecule has 0 unspecified atom stereocenters. The molecule has 6 heteroatoms. The lowest BCUT2D eigenvalue weighted by Crippen LogP contribution is -2.45. The summed E-state index contributed by atoms with van der Waals surface area (Å²) in [5.41, 5.74) is 0.424. The Labute approximate surface area is 109 Å². The summed E-state index contributed by atoms with van der Waals surface area (Å²) in [6.07, 6.45) is -7.08. The Hall–Kier alpha value is -1.47. The van der Waals surface area contributed by atoms with Crippen molar-refractivity contribution in [3.63, 3.8) is 0 Å². The van der Waals surface area contributed by atoms with Gasteiger partial charge in [0.2, 0.25) is 0 Å². The van der Waals surface area contributed by atoms with Crippen LogP contribution in [0.4, 0.5) is 0 Å². The molecule has 6 nitrogen and oxygen atoms in total. The highest BCUT2D eigenvalue weighted by Crippen LogP contribution is 2.25. The minimum Gasteiger partial charge on any atom is -0.457 e. The molecule has 1 aliphatic rings. The summed E-state index contributed by atoms with van der Waals surface area (Å²) in [5, 5.41) is 39.3. The van der Waals surface area contributed by atoms with Gasteiger partial charge in [-0.3, -0.25) is 4.79 Å². The van der Waals surface area contributed by atoms with E-state index >= 15 is 0 Å². The van der Waals surface area contributed by atoms with Crippen LogP contribution in [0, 0.1) is 0 Å². The molecule has 4 N–H and O–H groups in total. The standard InChI is InChI=1S/C13H16O6/c14-8-6-9(15)19-13(8)12(18)11(17)10(16)7-4-2-1-3-5-7/h1-5,8,10-14,16-18H,6H2/t8-,10-,11+,12+,13+/m1/s1. The first-order valence-electron chi connectivity index (χ1n) is 5.97. The predicted octanol–water partition coefficient (Wildman–Crippen LogP) is -0.882. The average Bonchev–Trinajstić information content (AvgIpc) is 2.76. The van der Waals surface area contributed by atoms with Gasteiger partial charge in [0.1, 0.15) is 24.4 Å². The Morgan fingerprint density at radius 3 is 2.32 bits per heavy atom. The molecule has 1 saturated heterocycles. The normalized spacial score (nSPS) is 27.7. The smallest absolute Gasteiger partial charge is 0.309 e. The summed E-state index contributed by atoms with van der Waals surface area (Å²) in [7, 11) is 0. The Balaban J connectivity index is 2.07. The number of carbonyl (C=O) groups is 1. The second-order valence-electron chi connectivity index (χ2n) is 4.56. The van der Waals surface area contributed by atoms with Gasteiger partial charge in [0.05, 0.1) is 6.42 Å². The molecule has 0 spiro atoms. The molecule has 0 bridgehead atoms. The van der Waals surface area contributed by atoms with Crippen LogP contribution >= 0.6 is 0 Å². The van der Waals surface area contributed by atoms with E-state index < -0.39 is 36.5 Å². The molecule has 1 fully saturated rings. The van der Waals surface area contributed by atoms with Gasteiger partial charge in [0.15, 0.2) is 6.10 Å².